The maximum Gasteiger partial charge on any atom is 0.310 e. The Morgan fingerprint density at radius 2 is 1.67 bits per heavy atom. The van der Waals surface area contributed by atoms with Crippen molar-refractivity contribution in [3.63, 3.8) is 0 Å². The fraction of sp³-hybridized carbons (Fsp3) is 0.310. The summed E-state index contributed by atoms with van der Waals surface area (Å²) in [5, 5.41) is 6.65. The van der Waals surface area contributed by atoms with E-state index in [9.17, 15) is 4.79 Å². The molecule has 190 valence electrons. The average Bonchev–Trinajstić information content (AvgIpc) is 2.82. The Balaban J connectivity index is 0.00000361. The summed E-state index contributed by atoms with van der Waals surface area (Å²) in [5.41, 5.74) is 4.79. The minimum Gasteiger partial charge on any atom is -1.00 e. The van der Waals surface area contributed by atoms with E-state index in [1.54, 1.807) is 0 Å². The number of carbonyl (C=O) groups is 1. The summed E-state index contributed by atoms with van der Waals surface area (Å²) in [6, 6.07) is 20.9. The number of aryl methyl sites for hydroxylation is 1. The molecule has 0 saturated carbocycles. The van der Waals surface area contributed by atoms with Crippen molar-refractivity contribution in [3.05, 3.63) is 66.2 Å². The normalized spacial score (nSPS) is 11.3. The van der Waals surface area contributed by atoms with Crippen molar-refractivity contribution in [1.82, 2.24) is 0 Å². The third-order valence-electron chi connectivity index (χ3n) is 5.85. The molecule has 0 aliphatic heterocycles. The van der Waals surface area contributed by atoms with E-state index in [0.717, 1.165) is 54.4 Å². The number of benzene rings is 3. The maximum absolute atomic E-state index is 12.5. The van der Waals surface area contributed by atoms with E-state index in [1.807, 2.05) is 46.0 Å². The van der Waals surface area contributed by atoms with Crippen molar-refractivity contribution >= 4 is 55.9 Å². The lowest BCUT2D eigenvalue weighted by atomic mass is 9.96. The number of hydrogen-bond donors (Lipinski definition) is 1. The van der Waals surface area contributed by atoms with Gasteiger partial charge in [-0.1, -0.05) is 34.7 Å². The molecule has 0 saturated heterocycles. The van der Waals surface area contributed by atoms with Gasteiger partial charge in [-0.2, -0.15) is 4.57 Å². The van der Waals surface area contributed by atoms with Crippen LogP contribution < -0.4 is 38.6 Å². The van der Waals surface area contributed by atoms with E-state index >= 15 is 0 Å². The van der Waals surface area contributed by atoms with Crippen LogP contribution in [-0.4, -0.2) is 29.7 Å². The second-order valence-electron chi connectivity index (χ2n) is 9.59. The summed E-state index contributed by atoms with van der Waals surface area (Å²) >= 11 is 2.31. The first-order valence-corrected chi connectivity index (χ1v) is 13.3. The molecule has 4 aromatic rings. The molecule has 0 atom stereocenters. The van der Waals surface area contributed by atoms with Gasteiger partial charge in [0.1, 0.15) is 18.4 Å². The van der Waals surface area contributed by atoms with Crippen LogP contribution >= 0.6 is 22.6 Å². The summed E-state index contributed by atoms with van der Waals surface area (Å²) in [7, 11) is 4.03. The molecule has 3 aromatic carbocycles. The first kappa shape index (κ1) is 28.4. The number of halogens is 2. The molecular formula is C29H32I2N2O3. The van der Waals surface area contributed by atoms with Crippen molar-refractivity contribution < 1.29 is 42.8 Å². The number of rotatable bonds is 7. The van der Waals surface area contributed by atoms with Gasteiger partial charge in [0.05, 0.1) is 23.8 Å². The van der Waals surface area contributed by atoms with E-state index < -0.39 is 5.60 Å². The first-order chi connectivity index (χ1) is 16.7. The van der Waals surface area contributed by atoms with Gasteiger partial charge in [-0.25, -0.2) is 0 Å². The number of aromatic nitrogens is 1. The number of pyridine rings is 1. The van der Waals surface area contributed by atoms with Gasteiger partial charge in [-0.3, -0.25) is 4.79 Å². The molecule has 0 fully saturated rings. The topological polar surface area (TPSA) is 51.4 Å². The zero-order chi connectivity index (χ0) is 25.2. The number of alkyl halides is 1. The minimum absolute atomic E-state index is 0. The first-order valence-electron chi connectivity index (χ1n) is 11.8. The van der Waals surface area contributed by atoms with Gasteiger partial charge >= 0.3 is 5.97 Å². The lowest BCUT2D eigenvalue weighted by Crippen LogP contribution is -3.00. The molecule has 4 rings (SSSR count). The van der Waals surface area contributed by atoms with Gasteiger partial charge in [0.2, 0.25) is 11.2 Å². The van der Waals surface area contributed by atoms with Crippen LogP contribution in [0.1, 0.15) is 26.3 Å². The number of esters is 1. The number of anilines is 1. The Kier molecular flexibility index (Phi) is 9.43. The molecule has 0 bridgehead atoms. The number of fused-ring (bicyclic) bond motifs is 3. The highest BCUT2D eigenvalue weighted by Crippen LogP contribution is 2.33. The summed E-state index contributed by atoms with van der Waals surface area (Å²) in [6.45, 7) is 6.36. The predicted octanol–water partition coefficient (Wildman–Crippen LogP) is 3.23. The number of nitrogens with zero attached hydrogens (tertiary/aromatic N) is 1. The predicted molar refractivity (Wildman–Crippen MR) is 152 cm³/mol. The smallest absolute Gasteiger partial charge is 0.310 e. The highest BCUT2D eigenvalue weighted by atomic mass is 127. The Morgan fingerprint density at radius 3 is 2.31 bits per heavy atom. The van der Waals surface area contributed by atoms with Crippen molar-refractivity contribution in [3.8, 4) is 17.0 Å². The maximum atomic E-state index is 12.5. The fourth-order valence-electron chi connectivity index (χ4n) is 4.38. The lowest BCUT2D eigenvalue weighted by Gasteiger charge is -2.19. The van der Waals surface area contributed by atoms with Gasteiger partial charge < -0.3 is 38.8 Å². The highest BCUT2D eigenvalue weighted by Gasteiger charge is 2.23. The van der Waals surface area contributed by atoms with E-state index in [4.69, 9.17) is 9.47 Å². The summed E-state index contributed by atoms with van der Waals surface area (Å²) in [4.78, 5) is 12.5. The Labute approximate surface area is 243 Å². The van der Waals surface area contributed by atoms with Crippen LogP contribution in [0.25, 0.3) is 32.9 Å². The van der Waals surface area contributed by atoms with Crippen molar-refractivity contribution in [2.75, 3.05) is 23.4 Å². The molecular weight excluding hydrogens is 678 g/mol. The molecule has 1 heterocycles. The summed E-state index contributed by atoms with van der Waals surface area (Å²) in [6.07, 6.45) is 0.232. The molecule has 0 aliphatic carbocycles. The van der Waals surface area contributed by atoms with Gasteiger partial charge in [0.25, 0.3) is 0 Å². The van der Waals surface area contributed by atoms with Crippen LogP contribution in [0.4, 0.5) is 5.69 Å². The van der Waals surface area contributed by atoms with E-state index in [2.05, 4.69) is 82.0 Å². The van der Waals surface area contributed by atoms with Crippen LogP contribution in [0.5, 0.6) is 5.75 Å². The van der Waals surface area contributed by atoms with Crippen molar-refractivity contribution in [2.24, 2.45) is 7.05 Å². The Morgan fingerprint density at radius 1 is 0.972 bits per heavy atom. The monoisotopic (exact) mass is 710 g/mol. The van der Waals surface area contributed by atoms with Crippen molar-refractivity contribution in [2.45, 2.75) is 32.8 Å². The summed E-state index contributed by atoms with van der Waals surface area (Å²) < 4.78 is 14.5. The van der Waals surface area contributed by atoms with E-state index in [-0.39, 0.29) is 36.4 Å². The minimum atomic E-state index is -0.506. The standard InChI is InChI=1S/C29H31IN2O3.HI/c1-29(2,3)35-27(33)17-19-6-12-23-24-13-9-21(31-4)18-26(24)32(5)28(25(23)16-19)20-7-10-22(11-8-20)34-15-14-30;/h6-13,16,18H,14-15,17H2,1-5H3;1H. The highest BCUT2D eigenvalue weighted by molar-refractivity contribution is 14.1. The van der Waals surface area contributed by atoms with Crippen molar-refractivity contribution in [1.29, 1.82) is 0 Å². The second-order valence-corrected chi connectivity index (χ2v) is 10.7. The fourth-order valence-corrected chi connectivity index (χ4v) is 4.60. The van der Waals surface area contributed by atoms with E-state index in [1.165, 1.54) is 0 Å². The van der Waals surface area contributed by atoms with Gasteiger partial charge in [0, 0.05) is 34.2 Å². The SMILES string of the molecule is CNc1ccc2c3ccc(CC(=O)OC(C)(C)C)cc3c(-c3ccc(OCCI)cc3)[n+](C)c2c1.[I-]. The second kappa shape index (κ2) is 11.9. The average molecular weight is 710 g/mol. The molecule has 36 heavy (non-hydrogen) atoms. The molecule has 0 aliphatic rings. The number of hydrogen-bond acceptors (Lipinski definition) is 4. The molecule has 0 unspecified atom stereocenters. The van der Waals surface area contributed by atoms with Gasteiger partial charge in [-0.05, 0) is 68.8 Å². The van der Waals surface area contributed by atoms with Crippen LogP contribution in [-0.2, 0) is 23.0 Å². The molecule has 1 N–H and O–H groups in total. The molecule has 1 aromatic heterocycles. The quantitative estimate of drug-likeness (QED) is 0.105. The molecule has 0 amide bonds. The molecule has 7 heteroatoms. The summed E-state index contributed by atoms with van der Waals surface area (Å²) in [5.74, 6) is 0.639. The molecule has 0 spiro atoms. The number of nitrogens with one attached hydrogen (secondary N) is 1. The Bertz CT molecular complexity index is 1380. The third-order valence-corrected chi connectivity index (χ3v) is 6.29. The van der Waals surface area contributed by atoms with Crippen LogP contribution in [0.3, 0.4) is 0 Å². The number of carbonyl (C=O) groups excluding carboxylic acids is 1. The Hall–Kier alpha value is -2.14. The van der Waals surface area contributed by atoms with Crippen LogP contribution in [0.2, 0.25) is 0 Å². The van der Waals surface area contributed by atoms with Crippen LogP contribution in [0, 0.1) is 0 Å². The van der Waals surface area contributed by atoms with Gasteiger partial charge in [-0.15, -0.1) is 0 Å². The van der Waals surface area contributed by atoms with Crippen LogP contribution in [0.15, 0.2) is 60.7 Å². The third kappa shape index (κ3) is 6.40. The van der Waals surface area contributed by atoms with Gasteiger partial charge in [0.15, 0.2) is 0 Å². The largest absolute Gasteiger partial charge is 1.00 e. The molecule has 0 radical (unpaired) electrons. The lowest BCUT2D eigenvalue weighted by molar-refractivity contribution is -0.632. The molecule has 5 nitrogen and oxygen atoms in total. The zero-order valence-corrected chi connectivity index (χ0v) is 25.6. The zero-order valence-electron chi connectivity index (χ0n) is 21.3. The van der Waals surface area contributed by atoms with E-state index in [0.29, 0.717) is 6.61 Å². The number of ether oxygens (including phenoxy) is 2.